The lowest BCUT2D eigenvalue weighted by molar-refractivity contribution is -0.154. The first-order valence-corrected chi connectivity index (χ1v) is 7.49. The molecule has 0 aromatic carbocycles. The van der Waals surface area contributed by atoms with Gasteiger partial charge in [-0.05, 0) is 24.8 Å². The fourth-order valence-corrected chi connectivity index (χ4v) is 2.62. The van der Waals surface area contributed by atoms with Gasteiger partial charge in [0.15, 0.2) is 5.79 Å². The topological polar surface area (TPSA) is 65.4 Å². The van der Waals surface area contributed by atoms with Gasteiger partial charge in [-0.3, -0.25) is 9.48 Å². The summed E-state index contributed by atoms with van der Waals surface area (Å²) < 4.78 is 12.9. The molecular formula is C15H25N3O3. The SMILES string of the molecule is C[C@H](CNC(=O)CCc1cnn(C)c1)CC1(C)OCCO1. The van der Waals surface area contributed by atoms with Gasteiger partial charge in [-0.2, -0.15) is 5.10 Å². The molecule has 0 spiro atoms. The molecule has 0 bridgehead atoms. The number of hydrogen-bond donors (Lipinski definition) is 1. The number of hydrogen-bond acceptors (Lipinski definition) is 4. The van der Waals surface area contributed by atoms with Crippen molar-refractivity contribution in [1.82, 2.24) is 15.1 Å². The van der Waals surface area contributed by atoms with E-state index in [1.165, 1.54) is 0 Å². The van der Waals surface area contributed by atoms with Crippen LogP contribution < -0.4 is 5.32 Å². The quantitative estimate of drug-likeness (QED) is 0.822. The van der Waals surface area contributed by atoms with Crippen LogP contribution in [0.2, 0.25) is 0 Å². The molecule has 0 unspecified atom stereocenters. The normalized spacial score (nSPS) is 18.6. The summed E-state index contributed by atoms with van der Waals surface area (Å²) in [5.74, 6) is -0.0978. The number of nitrogens with one attached hydrogen (secondary N) is 1. The summed E-state index contributed by atoms with van der Waals surface area (Å²) in [6, 6.07) is 0. The molecule has 1 aromatic heterocycles. The van der Waals surface area contributed by atoms with E-state index < -0.39 is 5.79 Å². The summed E-state index contributed by atoms with van der Waals surface area (Å²) in [7, 11) is 1.87. The van der Waals surface area contributed by atoms with Crippen LogP contribution >= 0.6 is 0 Å². The van der Waals surface area contributed by atoms with Crippen LogP contribution in [0, 0.1) is 5.92 Å². The van der Waals surface area contributed by atoms with Crippen LogP contribution in [0.15, 0.2) is 12.4 Å². The van der Waals surface area contributed by atoms with Crippen molar-refractivity contribution in [3.05, 3.63) is 18.0 Å². The monoisotopic (exact) mass is 295 g/mol. The average molecular weight is 295 g/mol. The van der Waals surface area contributed by atoms with Crippen molar-refractivity contribution in [3.8, 4) is 0 Å². The minimum absolute atomic E-state index is 0.0733. The van der Waals surface area contributed by atoms with Gasteiger partial charge in [-0.25, -0.2) is 0 Å². The lowest BCUT2D eigenvalue weighted by Gasteiger charge is -2.26. The van der Waals surface area contributed by atoms with E-state index in [2.05, 4.69) is 17.3 Å². The maximum absolute atomic E-state index is 11.8. The van der Waals surface area contributed by atoms with E-state index >= 15 is 0 Å². The minimum atomic E-state index is -0.486. The highest BCUT2D eigenvalue weighted by Crippen LogP contribution is 2.26. The molecule has 118 valence electrons. The molecule has 2 heterocycles. The van der Waals surface area contributed by atoms with Gasteiger partial charge in [0.2, 0.25) is 5.91 Å². The van der Waals surface area contributed by atoms with Crippen molar-refractivity contribution < 1.29 is 14.3 Å². The number of amides is 1. The van der Waals surface area contributed by atoms with Gasteiger partial charge in [-0.1, -0.05) is 6.92 Å². The maximum Gasteiger partial charge on any atom is 0.220 e. The van der Waals surface area contributed by atoms with Crippen LogP contribution in [0.4, 0.5) is 0 Å². The second kappa shape index (κ2) is 7.04. The lowest BCUT2D eigenvalue weighted by atomic mass is 10.0. The zero-order chi connectivity index (χ0) is 15.3. The molecular weight excluding hydrogens is 270 g/mol. The van der Waals surface area contributed by atoms with E-state index in [1.54, 1.807) is 10.9 Å². The van der Waals surface area contributed by atoms with Gasteiger partial charge in [0, 0.05) is 32.6 Å². The number of carbonyl (C=O) groups is 1. The molecule has 1 aliphatic heterocycles. The molecule has 6 heteroatoms. The van der Waals surface area contributed by atoms with Crippen molar-refractivity contribution in [3.63, 3.8) is 0 Å². The van der Waals surface area contributed by atoms with Gasteiger partial charge < -0.3 is 14.8 Å². The number of aromatic nitrogens is 2. The summed E-state index contributed by atoms with van der Waals surface area (Å²) in [5.41, 5.74) is 1.08. The van der Waals surface area contributed by atoms with E-state index in [0.29, 0.717) is 32.1 Å². The van der Waals surface area contributed by atoms with E-state index in [-0.39, 0.29) is 5.91 Å². The molecule has 1 fully saturated rings. The second-order valence-corrected chi connectivity index (χ2v) is 5.97. The van der Waals surface area contributed by atoms with E-state index in [0.717, 1.165) is 18.4 Å². The van der Waals surface area contributed by atoms with Gasteiger partial charge in [0.05, 0.1) is 19.4 Å². The van der Waals surface area contributed by atoms with Gasteiger partial charge in [0.1, 0.15) is 0 Å². The standard InChI is InChI=1S/C15H25N3O3/c1-12(8-15(2)20-6-7-21-15)9-16-14(19)5-4-13-10-17-18(3)11-13/h10-12H,4-9H2,1-3H3,(H,16,19)/t12-/m0/s1. The molecule has 21 heavy (non-hydrogen) atoms. The minimum Gasteiger partial charge on any atom is -0.356 e. The summed E-state index contributed by atoms with van der Waals surface area (Å²) in [6.45, 7) is 6.01. The van der Waals surface area contributed by atoms with E-state index in [1.807, 2.05) is 20.2 Å². The fraction of sp³-hybridized carbons (Fsp3) is 0.733. The van der Waals surface area contributed by atoms with Crippen molar-refractivity contribution in [2.45, 2.75) is 38.9 Å². The average Bonchev–Trinajstić information content (AvgIpc) is 3.03. The predicted molar refractivity (Wildman–Crippen MR) is 78.6 cm³/mol. The first-order valence-electron chi connectivity index (χ1n) is 7.49. The van der Waals surface area contributed by atoms with Crippen LogP contribution in [-0.4, -0.2) is 41.2 Å². The Balaban J connectivity index is 1.64. The zero-order valence-corrected chi connectivity index (χ0v) is 13.1. The van der Waals surface area contributed by atoms with Gasteiger partial charge in [0.25, 0.3) is 0 Å². The van der Waals surface area contributed by atoms with Crippen LogP contribution in [0.25, 0.3) is 0 Å². The number of nitrogens with zero attached hydrogens (tertiary/aromatic N) is 2. The molecule has 0 aliphatic carbocycles. The van der Waals surface area contributed by atoms with Crippen LogP contribution in [-0.2, 0) is 27.7 Å². The first kappa shape index (κ1) is 16.0. The third kappa shape index (κ3) is 5.13. The Morgan fingerprint density at radius 1 is 1.52 bits per heavy atom. The molecule has 2 rings (SSSR count). The number of rotatable bonds is 7. The van der Waals surface area contributed by atoms with Crippen molar-refractivity contribution in [2.24, 2.45) is 13.0 Å². The molecule has 0 radical (unpaired) electrons. The molecule has 6 nitrogen and oxygen atoms in total. The zero-order valence-electron chi connectivity index (χ0n) is 13.1. The molecule has 1 aromatic rings. The number of ether oxygens (including phenoxy) is 2. The molecule has 1 atom stereocenters. The summed E-state index contributed by atoms with van der Waals surface area (Å²) >= 11 is 0. The Morgan fingerprint density at radius 2 is 2.24 bits per heavy atom. The Kier molecular flexibility index (Phi) is 5.36. The highest BCUT2D eigenvalue weighted by atomic mass is 16.7. The number of aryl methyl sites for hydroxylation is 2. The largest absolute Gasteiger partial charge is 0.356 e. The lowest BCUT2D eigenvalue weighted by Crippen LogP contribution is -2.34. The third-order valence-corrected chi connectivity index (χ3v) is 3.66. The molecule has 0 saturated carbocycles. The van der Waals surface area contributed by atoms with Crippen LogP contribution in [0.3, 0.4) is 0 Å². The smallest absolute Gasteiger partial charge is 0.220 e. The Bertz CT molecular complexity index is 466. The molecule has 1 aliphatic rings. The summed E-state index contributed by atoms with van der Waals surface area (Å²) in [6.07, 6.45) is 5.73. The summed E-state index contributed by atoms with van der Waals surface area (Å²) in [4.78, 5) is 11.8. The Hall–Kier alpha value is -1.40. The maximum atomic E-state index is 11.8. The van der Waals surface area contributed by atoms with Crippen molar-refractivity contribution >= 4 is 5.91 Å². The first-order chi connectivity index (χ1) is 9.97. The van der Waals surface area contributed by atoms with Crippen molar-refractivity contribution in [2.75, 3.05) is 19.8 Å². The highest BCUT2D eigenvalue weighted by Gasteiger charge is 2.32. The third-order valence-electron chi connectivity index (χ3n) is 3.66. The highest BCUT2D eigenvalue weighted by molar-refractivity contribution is 5.76. The predicted octanol–water partition coefficient (Wildman–Crippen LogP) is 1.26. The van der Waals surface area contributed by atoms with Gasteiger partial charge >= 0.3 is 0 Å². The number of carbonyl (C=O) groups excluding carboxylic acids is 1. The molecule has 1 N–H and O–H groups in total. The van der Waals surface area contributed by atoms with Crippen molar-refractivity contribution in [1.29, 1.82) is 0 Å². The molecule has 1 saturated heterocycles. The molecule has 1 amide bonds. The second-order valence-electron chi connectivity index (χ2n) is 5.97. The summed E-state index contributed by atoms with van der Waals surface area (Å²) in [5, 5.41) is 7.06. The Labute approximate surface area is 125 Å². The van der Waals surface area contributed by atoms with E-state index in [9.17, 15) is 4.79 Å². The van der Waals surface area contributed by atoms with Crippen LogP contribution in [0.1, 0.15) is 32.3 Å². The Morgan fingerprint density at radius 3 is 2.86 bits per heavy atom. The van der Waals surface area contributed by atoms with Crippen LogP contribution in [0.5, 0.6) is 0 Å². The van der Waals surface area contributed by atoms with Gasteiger partial charge in [-0.15, -0.1) is 0 Å². The fourth-order valence-electron chi connectivity index (χ4n) is 2.62. The van der Waals surface area contributed by atoms with E-state index in [4.69, 9.17) is 9.47 Å².